The molecule has 0 amide bonds. The van der Waals surface area contributed by atoms with Crippen molar-refractivity contribution in [1.82, 2.24) is 4.57 Å². The normalized spacial score (nSPS) is 11.2. The molecule has 0 aliphatic rings. The first-order chi connectivity index (χ1) is 12.8. The first-order valence-corrected chi connectivity index (χ1v) is 8.76. The number of nitrogens with two attached hydrogens (primary N) is 1. The molecule has 0 fully saturated rings. The Kier molecular flexibility index (Phi) is 3.29. The zero-order chi connectivity index (χ0) is 17.5. The molecule has 2 nitrogen and oxygen atoms in total. The lowest BCUT2D eigenvalue weighted by atomic mass is 10.0. The van der Waals surface area contributed by atoms with Gasteiger partial charge < -0.3 is 10.3 Å². The van der Waals surface area contributed by atoms with Gasteiger partial charge >= 0.3 is 0 Å². The summed E-state index contributed by atoms with van der Waals surface area (Å²) < 4.78 is 2.35. The number of rotatable bonds is 2. The van der Waals surface area contributed by atoms with Crippen LogP contribution in [0.2, 0.25) is 0 Å². The Morgan fingerprint density at radius 2 is 1.19 bits per heavy atom. The Hall–Kier alpha value is -3.52. The molecule has 0 radical (unpaired) electrons. The first kappa shape index (κ1) is 14.8. The third-order valence-corrected chi connectivity index (χ3v) is 4.92. The van der Waals surface area contributed by atoms with Crippen molar-refractivity contribution < 1.29 is 0 Å². The molecular formula is C24H18N2. The molecule has 0 saturated heterocycles. The molecule has 1 aromatic heterocycles. The maximum Gasteiger partial charge on any atom is 0.0541 e. The van der Waals surface area contributed by atoms with E-state index < -0.39 is 0 Å². The molecule has 0 atom stereocenters. The fraction of sp³-hybridized carbons (Fsp3) is 0. The van der Waals surface area contributed by atoms with E-state index in [1.165, 1.54) is 27.4 Å². The second-order valence-electron chi connectivity index (χ2n) is 6.51. The van der Waals surface area contributed by atoms with Gasteiger partial charge in [0.15, 0.2) is 0 Å². The van der Waals surface area contributed by atoms with Gasteiger partial charge in [0.25, 0.3) is 0 Å². The van der Waals surface area contributed by atoms with E-state index in [1.54, 1.807) is 0 Å². The van der Waals surface area contributed by atoms with E-state index >= 15 is 0 Å². The summed E-state index contributed by atoms with van der Waals surface area (Å²) in [5, 5.41) is 2.54. The molecule has 0 spiro atoms. The minimum atomic E-state index is 0.777. The highest BCUT2D eigenvalue weighted by Gasteiger charge is 2.14. The van der Waals surface area contributed by atoms with Gasteiger partial charge in [0.05, 0.1) is 16.7 Å². The Bertz CT molecular complexity index is 1190. The summed E-state index contributed by atoms with van der Waals surface area (Å²) in [5.41, 5.74) is 12.7. The van der Waals surface area contributed by atoms with E-state index in [4.69, 9.17) is 5.73 Å². The van der Waals surface area contributed by atoms with Crippen molar-refractivity contribution in [2.45, 2.75) is 0 Å². The van der Waals surface area contributed by atoms with Gasteiger partial charge in [-0.15, -0.1) is 0 Å². The van der Waals surface area contributed by atoms with E-state index in [0.717, 1.165) is 16.9 Å². The highest BCUT2D eigenvalue weighted by Crippen LogP contribution is 2.36. The SMILES string of the molecule is Nc1cccc(-c2ccccc2-n2c3ccccc3c3ccccc32)c1. The lowest BCUT2D eigenvalue weighted by Crippen LogP contribution is -1.97. The maximum atomic E-state index is 6.04. The van der Waals surface area contributed by atoms with Gasteiger partial charge in [-0.05, 0) is 35.9 Å². The number of hydrogen-bond acceptors (Lipinski definition) is 1. The van der Waals surface area contributed by atoms with E-state index in [2.05, 4.69) is 83.4 Å². The standard InChI is InChI=1S/C24H18N2/c25-18-9-7-8-17(16-18)19-10-1-4-13-22(19)26-23-14-5-2-11-20(23)21-12-3-6-15-24(21)26/h1-16H,25H2. The van der Waals surface area contributed by atoms with Crippen LogP contribution >= 0.6 is 0 Å². The monoisotopic (exact) mass is 334 g/mol. The van der Waals surface area contributed by atoms with E-state index in [-0.39, 0.29) is 0 Å². The van der Waals surface area contributed by atoms with Crippen molar-refractivity contribution in [1.29, 1.82) is 0 Å². The first-order valence-electron chi connectivity index (χ1n) is 8.76. The molecule has 0 saturated carbocycles. The van der Waals surface area contributed by atoms with Crippen molar-refractivity contribution in [3.63, 3.8) is 0 Å². The molecule has 0 bridgehead atoms. The number of nitrogens with zero attached hydrogens (tertiary/aromatic N) is 1. The van der Waals surface area contributed by atoms with Crippen molar-refractivity contribution in [3.05, 3.63) is 97.1 Å². The van der Waals surface area contributed by atoms with E-state index in [0.29, 0.717) is 0 Å². The van der Waals surface area contributed by atoms with Crippen LogP contribution in [-0.4, -0.2) is 4.57 Å². The molecule has 1 heterocycles. The lowest BCUT2D eigenvalue weighted by molar-refractivity contribution is 1.18. The minimum absolute atomic E-state index is 0.777. The van der Waals surface area contributed by atoms with Crippen molar-refractivity contribution >= 4 is 27.5 Å². The topological polar surface area (TPSA) is 30.9 Å². The van der Waals surface area contributed by atoms with Crippen molar-refractivity contribution in [2.75, 3.05) is 5.73 Å². The van der Waals surface area contributed by atoms with Crippen LogP contribution in [0.15, 0.2) is 97.1 Å². The van der Waals surface area contributed by atoms with Crippen molar-refractivity contribution in [2.24, 2.45) is 0 Å². The molecular weight excluding hydrogens is 316 g/mol. The van der Waals surface area contributed by atoms with Crippen LogP contribution in [-0.2, 0) is 0 Å². The highest BCUT2D eigenvalue weighted by molar-refractivity contribution is 6.09. The van der Waals surface area contributed by atoms with Gasteiger partial charge in [-0.3, -0.25) is 0 Å². The molecule has 2 N–H and O–H groups in total. The van der Waals surface area contributed by atoms with E-state index in [9.17, 15) is 0 Å². The number of fused-ring (bicyclic) bond motifs is 3. The Morgan fingerprint density at radius 3 is 1.88 bits per heavy atom. The van der Waals surface area contributed by atoms with E-state index in [1.807, 2.05) is 18.2 Å². The molecule has 124 valence electrons. The number of para-hydroxylation sites is 3. The number of nitrogen functional groups attached to an aromatic ring is 1. The van der Waals surface area contributed by atoms with Crippen LogP contribution in [0.5, 0.6) is 0 Å². The van der Waals surface area contributed by atoms with Crippen molar-refractivity contribution in [3.8, 4) is 16.8 Å². The second-order valence-corrected chi connectivity index (χ2v) is 6.51. The Labute approximate surface area is 152 Å². The largest absolute Gasteiger partial charge is 0.399 e. The quantitative estimate of drug-likeness (QED) is 0.392. The van der Waals surface area contributed by atoms with Gasteiger partial charge in [0, 0.05) is 22.0 Å². The number of aromatic nitrogens is 1. The lowest BCUT2D eigenvalue weighted by Gasteiger charge is -2.14. The molecule has 0 aliphatic carbocycles. The summed E-state index contributed by atoms with van der Waals surface area (Å²) in [5.74, 6) is 0. The summed E-state index contributed by atoms with van der Waals surface area (Å²) in [6.07, 6.45) is 0. The fourth-order valence-corrected chi connectivity index (χ4v) is 3.80. The van der Waals surface area contributed by atoms with Gasteiger partial charge in [-0.1, -0.05) is 66.7 Å². The zero-order valence-electron chi connectivity index (χ0n) is 14.3. The van der Waals surface area contributed by atoms with Crippen LogP contribution < -0.4 is 5.73 Å². The number of hydrogen-bond donors (Lipinski definition) is 1. The highest BCUT2D eigenvalue weighted by atomic mass is 15.0. The number of benzene rings is 4. The van der Waals surface area contributed by atoms with Crippen LogP contribution in [0.25, 0.3) is 38.6 Å². The summed E-state index contributed by atoms with van der Waals surface area (Å²) in [6, 6.07) is 33.7. The fourth-order valence-electron chi connectivity index (χ4n) is 3.80. The molecule has 5 aromatic rings. The van der Waals surface area contributed by atoms with Crippen LogP contribution in [0.3, 0.4) is 0 Å². The van der Waals surface area contributed by atoms with Gasteiger partial charge in [0.1, 0.15) is 0 Å². The Balaban J connectivity index is 1.90. The third kappa shape index (κ3) is 2.20. The summed E-state index contributed by atoms with van der Waals surface area (Å²) in [7, 11) is 0. The van der Waals surface area contributed by atoms with Crippen LogP contribution in [0.1, 0.15) is 0 Å². The Morgan fingerprint density at radius 1 is 0.577 bits per heavy atom. The molecule has 26 heavy (non-hydrogen) atoms. The van der Waals surface area contributed by atoms with Gasteiger partial charge in [-0.2, -0.15) is 0 Å². The maximum absolute atomic E-state index is 6.04. The zero-order valence-corrected chi connectivity index (χ0v) is 14.3. The molecule has 0 aliphatic heterocycles. The molecule has 0 unspecified atom stereocenters. The molecule has 4 aromatic carbocycles. The second kappa shape index (κ2) is 5.78. The average molecular weight is 334 g/mol. The average Bonchev–Trinajstić information content (AvgIpc) is 3.02. The molecule has 2 heteroatoms. The summed E-state index contributed by atoms with van der Waals surface area (Å²) >= 11 is 0. The smallest absolute Gasteiger partial charge is 0.0541 e. The summed E-state index contributed by atoms with van der Waals surface area (Å²) in [4.78, 5) is 0. The number of anilines is 1. The van der Waals surface area contributed by atoms with Gasteiger partial charge in [-0.25, -0.2) is 0 Å². The molecule has 5 rings (SSSR count). The minimum Gasteiger partial charge on any atom is -0.399 e. The van der Waals surface area contributed by atoms with Crippen LogP contribution in [0.4, 0.5) is 5.69 Å². The predicted octanol–water partition coefficient (Wildman–Crippen LogP) is 6.03. The van der Waals surface area contributed by atoms with Crippen LogP contribution in [0, 0.1) is 0 Å². The van der Waals surface area contributed by atoms with Gasteiger partial charge in [0.2, 0.25) is 0 Å². The summed E-state index contributed by atoms with van der Waals surface area (Å²) in [6.45, 7) is 0. The predicted molar refractivity (Wildman–Crippen MR) is 111 cm³/mol. The third-order valence-electron chi connectivity index (χ3n) is 4.92.